The van der Waals surface area contributed by atoms with Gasteiger partial charge in [-0.1, -0.05) is 18.2 Å². The molecule has 2 aliphatic rings. The van der Waals surface area contributed by atoms with Gasteiger partial charge in [0, 0.05) is 38.1 Å². The topological polar surface area (TPSA) is 169 Å². The Hall–Kier alpha value is -4.54. The summed E-state index contributed by atoms with van der Waals surface area (Å²) in [5.41, 5.74) is 0.682. The third-order valence-electron chi connectivity index (χ3n) is 8.77. The molecule has 0 atom stereocenters. The van der Waals surface area contributed by atoms with Crippen LogP contribution in [0.2, 0.25) is 0 Å². The van der Waals surface area contributed by atoms with E-state index in [9.17, 15) is 21.6 Å². The molecule has 4 heterocycles. The maximum absolute atomic E-state index is 13.6. The van der Waals surface area contributed by atoms with E-state index in [0.29, 0.717) is 5.65 Å². The Balaban J connectivity index is 1.27. The van der Waals surface area contributed by atoms with E-state index in [1.807, 2.05) is 13.1 Å². The summed E-state index contributed by atoms with van der Waals surface area (Å²) in [6, 6.07) is 13.5. The average Bonchev–Trinajstić information content (AvgIpc) is 3.49. The van der Waals surface area contributed by atoms with Crippen LogP contribution in [0, 0.1) is 5.92 Å². The first-order valence-corrected chi connectivity index (χ1v) is 18.2. The minimum atomic E-state index is -4.04. The number of nitrogens with zero attached hydrogens (tertiary/aromatic N) is 6. The van der Waals surface area contributed by atoms with E-state index in [1.54, 1.807) is 47.2 Å². The molecule has 248 valence electrons. The van der Waals surface area contributed by atoms with Crippen molar-refractivity contribution < 1.29 is 26.4 Å². The van der Waals surface area contributed by atoms with Gasteiger partial charge >= 0.3 is 0 Å². The van der Waals surface area contributed by atoms with Gasteiger partial charge in [-0.2, -0.15) is 0 Å². The van der Waals surface area contributed by atoms with E-state index >= 15 is 0 Å². The molecule has 1 amide bonds. The molecule has 1 aliphatic heterocycles. The van der Waals surface area contributed by atoms with Crippen LogP contribution >= 0.6 is 0 Å². The van der Waals surface area contributed by atoms with Crippen LogP contribution in [-0.4, -0.2) is 79.5 Å². The Morgan fingerprint density at radius 1 is 1.04 bits per heavy atom. The summed E-state index contributed by atoms with van der Waals surface area (Å²) in [6.45, 7) is -0.0767. The Morgan fingerprint density at radius 2 is 1.79 bits per heavy atom. The van der Waals surface area contributed by atoms with Gasteiger partial charge in [0.25, 0.3) is 15.9 Å². The first-order valence-electron chi connectivity index (χ1n) is 15.1. The molecule has 0 unspecified atom stereocenters. The molecule has 47 heavy (non-hydrogen) atoms. The summed E-state index contributed by atoms with van der Waals surface area (Å²) in [7, 11) is -2.55. The zero-order valence-corrected chi connectivity index (χ0v) is 27.8. The molecule has 1 fully saturated rings. The molecule has 1 saturated carbocycles. The van der Waals surface area contributed by atoms with Gasteiger partial charge < -0.3 is 15.0 Å². The van der Waals surface area contributed by atoms with Crippen molar-refractivity contribution in [3.63, 3.8) is 0 Å². The number of fused-ring (bicyclic) bond motifs is 2. The number of rotatable bonds is 10. The fourth-order valence-electron chi connectivity index (χ4n) is 6.20. The number of aromatic nitrogens is 4. The van der Waals surface area contributed by atoms with Crippen molar-refractivity contribution in [2.24, 2.45) is 5.92 Å². The Morgan fingerprint density at radius 3 is 2.51 bits per heavy atom. The lowest BCUT2D eigenvalue weighted by Crippen LogP contribution is -2.38. The quantitative estimate of drug-likeness (QED) is 0.254. The fraction of sp³-hybridized carbons (Fsp3) is 0.355. The second-order valence-corrected chi connectivity index (χ2v) is 15.5. The molecule has 3 aromatic heterocycles. The molecular weight excluding hydrogens is 645 g/mol. The number of hydrogen-bond acceptors (Lipinski definition) is 10. The van der Waals surface area contributed by atoms with E-state index in [0.717, 1.165) is 41.2 Å². The first kappa shape index (κ1) is 32.4. The van der Waals surface area contributed by atoms with Crippen molar-refractivity contribution in [2.75, 3.05) is 37.1 Å². The number of benzene rings is 1. The monoisotopic (exact) mass is 680 g/mol. The van der Waals surface area contributed by atoms with E-state index in [2.05, 4.69) is 29.9 Å². The molecule has 16 heteroatoms. The number of sulfonamides is 2. The van der Waals surface area contributed by atoms with Crippen LogP contribution in [0.1, 0.15) is 31.2 Å². The van der Waals surface area contributed by atoms with E-state index in [1.165, 1.54) is 32.7 Å². The summed E-state index contributed by atoms with van der Waals surface area (Å²) < 4.78 is 62.3. The highest BCUT2D eigenvalue weighted by Crippen LogP contribution is 2.38. The number of carbonyl (C=O) groups excluding carboxylic acids is 1. The highest BCUT2D eigenvalue weighted by molar-refractivity contribution is 7.89. The smallest absolute Gasteiger partial charge is 0.277 e. The number of nitrogens with one attached hydrogen (secondary N) is 2. The van der Waals surface area contributed by atoms with Crippen molar-refractivity contribution in [3.8, 4) is 0 Å². The summed E-state index contributed by atoms with van der Waals surface area (Å²) in [5.74, 6) is 0.650. The second kappa shape index (κ2) is 12.9. The van der Waals surface area contributed by atoms with Crippen LogP contribution in [0.25, 0.3) is 16.8 Å². The van der Waals surface area contributed by atoms with Gasteiger partial charge in [-0.25, -0.2) is 36.5 Å². The minimum Gasteiger partial charge on any atom is -0.470 e. The number of amides is 1. The molecule has 0 spiro atoms. The SMILES string of the molecule is CNS(=O)(=O)C[C@H]1CC[C@H](N(C)c2ncnc3c2ccn3COC2=C(C(=O)Nc3ccccn3)N(C)S(=O)(=O)c3ccccc32)CC1. The normalized spacial score (nSPS) is 19.3. The van der Waals surface area contributed by atoms with E-state index in [4.69, 9.17) is 4.74 Å². The first-order chi connectivity index (χ1) is 22.5. The summed E-state index contributed by atoms with van der Waals surface area (Å²) >= 11 is 0. The number of hydrogen-bond donors (Lipinski definition) is 2. The van der Waals surface area contributed by atoms with Crippen molar-refractivity contribution in [3.05, 3.63) is 78.5 Å². The number of anilines is 2. The zero-order chi connectivity index (χ0) is 33.3. The van der Waals surface area contributed by atoms with Crippen LogP contribution in [-0.2, 0) is 36.3 Å². The number of ether oxygens (including phenoxy) is 1. The lowest BCUT2D eigenvalue weighted by molar-refractivity contribution is -0.113. The predicted molar refractivity (Wildman–Crippen MR) is 177 cm³/mol. The van der Waals surface area contributed by atoms with Crippen molar-refractivity contribution in [2.45, 2.75) is 43.4 Å². The lowest BCUT2D eigenvalue weighted by Gasteiger charge is -2.35. The maximum Gasteiger partial charge on any atom is 0.277 e. The molecule has 4 aromatic rings. The molecule has 1 aliphatic carbocycles. The number of carbonyl (C=O) groups is 1. The Kier molecular flexibility index (Phi) is 8.91. The highest BCUT2D eigenvalue weighted by Gasteiger charge is 2.39. The van der Waals surface area contributed by atoms with E-state index in [-0.39, 0.29) is 52.2 Å². The molecule has 0 radical (unpaired) electrons. The highest BCUT2D eigenvalue weighted by atomic mass is 32.2. The van der Waals surface area contributed by atoms with Gasteiger partial charge in [-0.05, 0) is 69.0 Å². The predicted octanol–water partition coefficient (Wildman–Crippen LogP) is 2.99. The molecule has 0 saturated heterocycles. The molecule has 6 rings (SSSR count). The molecule has 0 bridgehead atoms. The number of pyridine rings is 1. The van der Waals surface area contributed by atoms with Crippen molar-refractivity contribution >= 4 is 54.4 Å². The number of likely N-dealkylation sites (N-methyl/N-ethyl adjacent to an activating group) is 1. The summed E-state index contributed by atoms with van der Waals surface area (Å²) in [6.07, 6.45) is 8.08. The second-order valence-electron chi connectivity index (χ2n) is 11.6. The lowest BCUT2D eigenvalue weighted by atomic mass is 9.86. The van der Waals surface area contributed by atoms with Crippen molar-refractivity contribution in [1.82, 2.24) is 28.5 Å². The van der Waals surface area contributed by atoms with Crippen molar-refractivity contribution in [1.29, 1.82) is 0 Å². The Bertz CT molecular complexity index is 2040. The van der Waals surface area contributed by atoms with Gasteiger partial charge in [-0.15, -0.1) is 0 Å². The van der Waals surface area contributed by atoms with Crippen LogP contribution in [0.3, 0.4) is 0 Å². The molecule has 1 aromatic carbocycles. The summed E-state index contributed by atoms with van der Waals surface area (Å²) in [5, 5.41) is 3.47. The van der Waals surface area contributed by atoms with Gasteiger partial charge in [-0.3, -0.25) is 13.7 Å². The molecular formula is C31H36N8O6S2. The van der Waals surface area contributed by atoms with Crippen LogP contribution in [0.4, 0.5) is 11.6 Å². The molecule has 2 N–H and O–H groups in total. The molecule has 14 nitrogen and oxygen atoms in total. The standard InChI is InChI=1S/C31H36N8O6S2/c1-32-46(41,42)18-21-11-13-22(14-12-21)37(2)29-24-15-17-39(30(24)35-19-34-29)20-45-28-23-8-4-5-9-25(23)47(43,44)38(3)27(28)31(40)36-26-10-6-7-16-33-26/h4-10,15-17,19,21-22,32H,11-14,18,20H2,1-3H3,(H,33,36,40)/t21-,22-. The minimum absolute atomic E-state index is 0.0220. The van der Waals surface area contributed by atoms with Gasteiger partial charge in [0.15, 0.2) is 18.2 Å². The van der Waals surface area contributed by atoms with Gasteiger partial charge in [0.05, 0.1) is 16.0 Å². The summed E-state index contributed by atoms with van der Waals surface area (Å²) in [4.78, 5) is 28.9. The zero-order valence-electron chi connectivity index (χ0n) is 26.2. The average molecular weight is 681 g/mol. The van der Waals surface area contributed by atoms with Gasteiger partial charge in [0.2, 0.25) is 10.0 Å². The Labute approximate surface area is 273 Å². The van der Waals surface area contributed by atoms with Crippen LogP contribution in [0.15, 0.2) is 77.8 Å². The van der Waals surface area contributed by atoms with Gasteiger partial charge in [0.1, 0.15) is 23.6 Å². The maximum atomic E-state index is 13.6. The van der Waals surface area contributed by atoms with Crippen LogP contribution in [0.5, 0.6) is 0 Å². The largest absolute Gasteiger partial charge is 0.470 e. The van der Waals surface area contributed by atoms with E-state index < -0.39 is 26.0 Å². The van der Waals surface area contributed by atoms with Crippen LogP contribution < -0.4 is 14.9 Å². The fourth-order valence-corrected chi connectivity index (χ4v) is 8.71. The third-order valence-corrected chi connectivity index (χ3v) is 12.1. The third kappa shape index (κ3) is 6.40.